The molecule has 2 aliphatic carbocycles. The SMILES string of the molecule is C/C=C(\C)C(=O)OC[C@@]12[C@@H](OC(C)=O)C[C@@H](C)[C@](C)(C[C@H](O)C3=CC(=O)OC3)[C@H]1CCC[C@]21CO1. The molecule has 3 fully saturated rings. The van der Waals surface area contributed by atoms with Gasteiger partial charge in [0.05, 0.1) is 18.1 Å². The lowest BCUT2D eigenvalue weighted by Crippen LogP contribution is -2.67. The van der Waals surface area contributed by atoms with Crippen LogP contribution in [-0.4, -0.2) is 60.6 Å². The third-order valence-corrected chi connectivity index (χ3v) is 9.35. The molecule has 0 bridgehead atoms. The van der Waals surface area contributed by atoms with E-state index in [1.807, 2.05) is 0 Å². The molecule has 2 saturated carbocycles. The number of ether oxygens (including phenoxy) is 4. The molecule has 0 aromatic rings. The number of rotatable bonds is 7. The zero-order valence-corrected chi connectivity index (χ0v) is 21.4. The van der Waals surface area contributed by atoms with Crippen molar-refractivity contribution in [1.29, 1.82) is 0 Å². The highest BCUT2D eigenvalue weighted by Gasteiger charge is 2.75. The van der Waals surface area contributed by atoms with Crippen LogP contribution in [0.15, 0.2) is 23.3 Å². The Morgan fingerprint density at radius 1 is 1.34 bits per heavy atom. The number of hydrogen-bond donors (Lipinski definition) is 1. The van der Waals surface area contributed by atoms with E-state index in [1.54, 1.807) is 19.9 Å². The fraction of sp³-hybridized carbons (Fsp3) is 0.741. The fourth-order valence-electron chi connectivity index (χ4n) is 7.05. The number of carbonyl (C=O) groups is 3. The highest BCUT2D eigenvalue weighted by molar-refractivity contribution is 5.87. The normalized spacial score (nSPS) is 39.4. The molecule has 1 saturated heterocycles. The number of allylic oxidation sites excluding steroid dienone is 1. The molecule has 4 rings (SSSR count). The van der Waals surface area contributed by atoms with E-state index in [0.717, 1.165) is 19.3 Å². The Labute approximate surface area is 207 Å². The lowest BCUT2D eigenvalue weighted by Gasteiger charge is -2.63. The molecule has 0 aromatic heterocycles. The molecule has 0 aromatic carbocycles. The van der Waals surface area contributed by atoms with Gasteiger partial charge in [-0.25, -0.2) is 9.59 Å². The van der Waals surface area contributed by atoms with Crippen molar-refractivity contribution < 1.29 is 38.4 Å². The summed E-state index contributed by atoms with van der Waals surface area (Å²) in [5, 5.41) is 11.1. The number of fused-ring (bicyclic) bond motifs is 2. The molecule has 35 heavy (non-hydrogen) atoms. The van der Waals surface area contributed by atoms with Crippen molar-refractivity contribution in [2.75, 3.05) is 19.8 Å². The Bertz CT molecular complexity index is 947. The molecule has 0 radical (unpaired) electrons. The summed E-state index contributed by atoms with van der Waals surface area (Å²) in [5.74, 6) is -1.13. The van der Waals surface area contributed by atoms with Crippen molar-refractivity contribution in [3.63, 3.8) is 0 Å². The van der Waals surface area contributed by atoms with Crippen molar-refractivity contribution in [2.45, 2.75) is 84.5 Å². The summed E-state index contributed by atoms with van der Waals surface area (Å²) < 4.78 is 23.1. The summed E-state index contributed by atoms with van der Waals surface area (Å²) >= 11 is 0. The second-order valence-corrected chi connectivity index (χ2v) is 11.1. The van der Waals surface area contributed by atoms with E-state index in [0.29, 0.717) is 30.6 Å². The second kappa shape index (κ2) is 9.36. The van der Waals surface area contributed by atoms with E-state index in [9.17, 15) is 19.5 Å². The molecular weight excluding hydrogens is 452 g/mol. The van der Waals surface area contributed by atoms with Crippen LogP contribution in [0.4, 0.5) is 0 Å². The number of hydrogen-bond acceptors (Lipinski definition) is 8. The van der Waals surface area contributed by atoms with Gasteiger partial charge in [-0.1, -0.05) is 26.3 Å². The predicted molar refractivity (Wildman–Crippen MR) is 126 cm³/mol. The summed E-state index contributed by atoms with van der Waals surface area (Å²) in [6.45, 7) is 9.93. The molecule has 7 atom stereocenters. The molecular formula is C27H38O8. The first kappa shape index (κ1) is 25.9. The number of cyclic esters (lactones) is 1. The van der Waals surface area contributed by atoms with E-state index in [2.05, 4.69) is 13.8 Å². The molecule has 0 unspecified atom stereocenters. The van der Waals surface area contributed by atoms with Crippen LogP contribution >= 0.6 is 0 Å². The predicted octanol–water partition coefficient (Wildman–Crippen LogP) is 3.26. The molecule has 194 valence electrons. The van der Waals surface area contributed by atoms with Crippen LogP contribution in [0.5, 0.6) is 0 Å². The molecule has 2 heterocycles. The summed E-state index contributed by atoms with van der Waals surface area (Å²) in [6, 6.07) is 0. The molecule has 8 nitrogen and oxygen atoms in total. The Hall–Kier alpha value is -2.19. The minimum absolute atomic E-state index is 0.0358. The van der Waals surface area contributed by atoms with Crippen molar-refractivity contribution in [3.05, 3.63) is 23.3 Å². The van der Waals surface area contributed by atoms with Gasteiger partial charge in [-0.2, -0.15) is 0 Å². The molecule has 1 N–H and O–H groups in total. The van der Waals surface area contributed by atoms with Gasteiger partial charge in [0.25, 0.3) is 0 Å². The van der Waals surface area contributed by atoms with Crippen LogP contribution in [0.2, 0.25) is 0 Å². The van der Waals surface area contributed by atoms with Gasteiger partial charge in [0, 0.05) is 24.1 Å². The first-order chi connectivity index (χ1) is 16.5. The van der Waals surface area contributed by atoms with Crippen molar-refractivity contribution in [2.24, 2.45) is 22.7 Å². The summed E-state index contributed by atoms with van der Waals surface area (Å²) in [7, 11) is 0. The monoisotopic (exact) mass is 490 g/mol. The number of esters is 3. The largest absolute Gasteiger partial charge is 0.462 e. The zero-order chi connectivity index (χ0) is 25.6. The maximum absolute atomic E-state index is 12.7. The Balaban J connectivity index is 1.74. The standard InChI is InChI=1S/C27H38O8/c1-6-16(2)24(31)33-15-27-21(8-7-9-26(27)14-34-26)25(5,17(3)10-22(27)35-18(4)28)12-20(29)19-11-23(30)32-13-19/h6,11,17,20-22,29H,7-10,12-15H2,1-5H3/b16-6+/t17-,20+,21-,22+,25+,26+,27+/m1/s1. The van der Waals surface area contributed by atoms with Gasteiger partial charge in [-0.3, -0.25) is 4.79 Å². The highest BCUT2D eigenvalue weighted by Crippen LogP contribution is 2.69. The van der Waals surface area contributed by atoms with Gasteiger partial charge in [0.15, 0.2) is 0 Å². The maximum Gasteiger partial charge on any atom is 0.333 e. The first-order valence-corrected chi connectivity index (χ1v) is 12.7. The van der Waals surface area contributed by atoms with Gasteiger partial charge in [0.2, 0.25) is 0 Å². The Kier molecular flexibility index (Phi) is 6.92. The molecule has 2 aliphatic heterocycles. The quantitative estimate of drug-likeness (QED) is 0.251. The number of epoxide rings is 1. The summed E-state index contributed by atoms with van der Waals surface area (Å²) in [5.41, 5.74) is -0.539. The average molecular weight is 491 g/mol. The van der Waals surface area contributed by atoms with Gasteiger partial charge in [-0.05, 0) is 56.8 Å². The van der Waals surface area contributed by atoms with Crippen LogP contribution in [0.25, 0.3) is 0 Å². The van der Waals surface area contributed by atoms with E-state index in [1.165, 1.54) is 13.0 Å². The van der Waals surface area contributed by atoms with E-state index >= 15 is 0 Å². The molecule has 0 amide bonds. The summed E-state index contributed by atoms with van der Waals surface area (Å²) in [6.07, 6.45) is 5.37. The van der Waals surface area contributed by atoms with E-state index in [4.69, 9.17) is 18.9 Å². The van der Waals surface area contributed by atoms with E-state index in [-0.39, 0.29) is 36.4 Å². The minimum atomic E-state index is -0.831. The average Bonchev–Trinajstić information content (AvgIpc) is 3.45. The van der Waals surface area contributed by atoms with Gasteiger partial charge >= 0.3 is 17.9 Å². The van der Waals surface area contributed by atoms with Gasteiger partial charge in [0.1, 0.15) is 24.9 Å². The molecule has 1 spiro atoms. The highest BCUT2D eigenvalue weighted by atomic mass is 16.6. The third kappa shape index (κ3) is 4.33. The van der Waals surface area contributed by atoms with Crippen LogP contribution in [0.1, 0.15) is 66.7 Å². The second-order valence-electron chi connectivity index (χ2n) is 11.1. The fourth-order valence-corrected chi connectivity index (χ4v) is 7.05. The number of aliphatic hydroxyl groups is 1. The third-order valence-electron chi connectivity index (χ3n) is 9.35. The maximum atomic E-state index is 12.7. The van der Waals surface area contributed by atoms with Crippen LogP contribution in [0, 0.1) is 22.7 Å². The molecule has 4 aliphatic rings. The minimum Gasteiger partial charge on any atom is -0.462 e. The van der Waals surface area contributed by atoms with Crippen LogP contribution in [-0.2, 0) is 33.3 Å². The van der Waals surface area contributed by atoms with E-state index < -0.39 is 35.2 Å². The zero-order valence-electron chi connectivity index (χ0n) is 21.4. The van der Waals surface area contributed by atoms with Crippen molar-refractivity contribution in [3.8, 4) is 0 Å². The Morgan fingerprint density at radius 3 is 2.63 bits per heavy atom. The van der Waals surface area contributed by atoms with Crippen molar-refractivity contribution >= 4 is 17.9 Å². The van der Waals surface area contributed by atoms with Gasteiger partial charge < -0.3 is 24.1 Å². The Morgan fingerprint density at radius 2 is 2.06 bits per heavy atom. The molecule has 8 heteroatoms. The number of carbonyl (C=O) groups excluding carboxylic acids is 3. The van der Waals surface area contributed by atoms with Crippen LogP contribution < -0.4 is 0 Å². The lowest BCUT2D eigenvalue weighted by molar-refractivity contribution is -0.231. The topological polar surface area (TPSA) is 112 Å². The van der Waals surface area contributed by atoms with Gasteiger partial charge in [-0.15, -0.1) is 0 Å². The summed E-state index contributed by atoms with van der Waals surface area (Å²) in [4.78, 5) is 36.6. The lowest BCUT2D eigenvalue weighted by atomic mass is 9.42. The first-order valence-electron chi connectivity index (χ1n) is 12.7. The smallest absolute Gasteiger partial charge is 0.333 e. The van der Waals surface area contributed by atoms with Crippen molar-refractivity contribution in [1.82, 2.24) is 0 Å². The number of aliphatic hydroxyl groups excluding tert-OH is 1. The van der Waals surface area contributed by atoms with Crippen LogP contribution in [0.3, 0.4) is 0 Å².